The Bertz CT molecular complexity index is 1220. The van der Waals surface area contributed by atoms with Gasteiger partial charge in [0.25, 0.3) is 5.56 Å². The Labute approximate surface area is 211 Å². The van der Waals surface area contributed by atoms with Crippen LogP contribution < -0.4 is 20.9 Å². The number of nitrogens with one attached hydrogen (secondary N) is 2. The summed E-state index contributed by atoms with van der Waals surface area (Å²) >= 11 is 0. The van der Waals surface area contributed by atoms with Gasteiger partial charge in [0.2, 0.25) is 0 Å². The Kier molecular flexibility index (Phi) is 8.44. The lowest BCUT2D eigenvalue weighted by molar-refractivity contribution is -0.138. The van der Waals surface area contributed by atoms with Crippen LogP contribution in [0.2, 0.25) is 0 Å². The number of rotatable bonds is 10. The van der Waals surface area contributed by atoms with Crippen LogP contribution in [-0.4, -0.2) is 57.6 Å². The number of piperidine rings is 1. The molecule has 1 saturated heterocycles. The molecule has 1 aromatic carbocycles. The molecule has 0 radical (unpaired) electrons. The third-order valence-electron chi connectivity index (χ3n) is 6.08. The Morgan fingerprint density at radius 3 is 2.62 bits per heavy atom. The second-order valence-electron chi connectivity index (χ2n) is 8.97. The molecule has 0 aliphatic carbocycles. The van der Waals surface area contributed by atoms with Gasteiger partial charge in [-0.3, -0.25) is 4.79 Å². The van der Waals surface area contributed by atoms with Gasteiger partial charge in [0.15, 0.2) is 0 Å². The molecular weight excluding hydrogens is 491 g/mol. The van der Waals surface area contributed by atoms with E-state index in [4.69, 9.17) is 9.47 Å². The van der Waals surface area contributed by atoms with Crippen LogP contribution in [0.1, 0.15) is 42.6 Å². The molecule has 3 aromatic rings. The first kappa shape index (κ1) is 26.6. The highest BCUT2D eigenvalue weighted by molar-refractivity contribution is 5.50. The number of alkyl halides is 3. The fourth-order valence-electron chi connectivity index (χ4n) is 4.17. The van der Waals surface area contributed by atoms with Crippen LogP contribution >= 0.6 is 0 Å². The van der Waals surface area contributed by atoms with Crippen LogP contribution in [0.3, 0.4) is 0 Å². The summed E-state index contributed by atoms with van der Waals surface area (Å²) in [5.74, 6) is 0.599. The molecule has 37 heavy (non-hydrogen) atoms. The third kappa shape index (κ3) is 6.86. The van der Waals surface area contributed by atoms with Crippen LogP contribution in [0, 0.1) is 0 Å². The average Bonchev–Trinajstić information content (AvgIpc) is 3.35. The molecule has 200 valence electrons. The second-order valence-corrected chi connectivity index (χ2v) is 8.97. The molecule has 4 rings (SSSR count). The number of aromatic nitrogens is 5. The van der Waals surface area contributed by atoms with E-state index < -0.39 is 29.0 Å². The monoisotopic (exact) mass is 521 g/mol. The number of benzene rings is 1. The second kappa shape index (κ2) is 11.7. The van der Waals surface area contributed by atoms with Crippen molar-refractivity contribution >= 4 is 5.69 Å². The van der Waals surface area contributed by atoms with Crippen molar-refractivity contribution in [3.63, 3.8) is 0 Å². The normalized spacial score (nSPS) is 15.5. The van der Waals surface area contributed by atoms with E-state index in [0.29, 0.717) is 23.0 Å². The van der Waals surface area contributed by atoms with E-state index in [1.165, 1.54) is 7.11 Å². The predicted octanol–water partition coefficient (Wildman–Crippen LogP) is 2.85. The van der Waals surface area contributed by atoms with Crippen LogP contribution in [0.5, 0.6) is 5.75 Å². The van der Waals surface area contributed by atoms with Gasteiger partial charge in [0.1, 0.15) is 17.0 Å². The van der Waals surface area contributed by atoms with E-state index in [1.54, 1.807) is 31.2 Å². The number of halogens is 3. The molecule has 13 heteroatoms. The Balaban J connectivity index is 1.38. The topological polar surface area (TPSA) is 108 Å². The summed E-state index contributed by atoms with van der Waals surface area (Å²) in [4.78, 5) is 12.7. The molecule has 10 nitrogen and oxygen atoms in total. The molecule has 1 atom stereocenters. The largest absolute Gasteiger partial charge is 0.497 e. The van der Waals surface area contributed by atoms with E-state index in [2.05, 4.69) is 26.0 Å². The van der Waals surface area contributed by atoms with Gasteiger partial charge in [-0.15, -0.1) is 5.10 Å². The van der Waals surface area contributed by atoms with Crippen LogP contribution in [-0.2, 0) is 24.1 Å². The number of hydrogen-bond donors (Lipinski definition) is 2. The highest BCUT2D eigenvalue weighted by Crippen LogP contribution is 2.32. The van der Waals surface area contributed by atoms with Crippen molar-refractivity contribution in [1.29, 1.82) is 0 Å². The highest BCUT2D eigenvalue weighted by atomic mass is 19.4. The van der Waals surface area contributed by atoms with Crippen molar-refractivity contribution in [1.82, 2.24) is 30.1 Å². The minimum Gasteiger partial charge on any atom is -0.497 e. The molecule has 2 N–H and O–H groups in total. The van der Waals surface area contributed by atoms with Crippen LogP contribution in [0.25, 0.3) is 0 Å². The fraction of sp³-hybridized carbons (Fsp3) is 0.500. The van der Waals surface area contributed by atoms with Crippen molar-refractivity contribution < 1.29 is 22.6 Å². The average molecular weight is 522 g/mol. The van der Waals surface area contributed by atoms with Crippen LogP contribution in [0.15, 0.2) is 41.5 Å². The summed E-state index contributed by atoms with van der Waals surface area (Å²) in [6.45, 7) is 3.68. The summed E-state index contributed by atoms with van der Waals surface area (Å²) in [5.41, 5.74) is -1.66. The van der Waals surface area contributed by atoms with Crippen molar-refractivity contribution in [2.45, 2.75) is 51.2 Å². The lowest BCUT2D eigenvalue weighted by atomic mass is 10.1. The standard InChI is InChI=1S/C24H30F3N7O3/c1-16(14-37-15-18-13-33(32-31-18)19-7-9-28-10-8-19)30-21-11-29-34(23(35)22(21)24(25,26)27)12-17-3-5-20(36-2)6-4-17/h3-6,11,13,16,19,28,30H,7-10,12,14-15H2,1-2H3. The van der Waals surface area contributed by atoms with Gasteiger partial charge < -0.3 is 20.1 Å². The lowest BCUT2D eigenvalue weighted by Crippen LogP contribution is -2.34. The molecule has 1 fully saturated rings. The smallest absolute Gasteiger partial charge is 0.423 e. The van der Waals surface area contributed by atoms with Gasteiger partial charge in [-0.05, 0) is 50.6 Å². The van der Waals surface area contributed by atoms with E-state index in [1.807, 2.05) is 10.9 Å². The van der Waals surface area contributed by atoms with Gasteiger partial charge in [-0.1, -0.05) is 17.3 Å². The third-order valence-corrected chi connectivity index (χ3v) is 6.08. The highest BCUT2D eigenvalue weighted by Gasteiger charge is 2.38. The summed E-state index contributed by atoms with van der Waals surface area (Å²) in [5, 5.41) is 18.3. The molecule has 0 saturated carbocycles. The zero-order chi connectivity index (χ0) is 26.4. The minimum absolute atomic E-state index is 0.0897. The fourth-order valence-corrected chi connectivity index (χ4v) is 4.17. The molecular formula is C24H30F3N7O3. The Hall–Kier alpha value is -3.45. The number of ether oxygens (including phenoxy) is 2. The van der Waals surface area contributed by atoms with Gasteiger partial charge in [-0.2, -0.15) is 18.3 Å². The first-order chi connectivity index (χ1) is 17.7. The van der Waals surface area contributed by atoms with E-state index in [-0.39, 0.29) is 19.8 Å². The Morgan fingerprint density at radius 2 is 1.95 bits per heavy atom. The quantitative estimate of drug-likeness (QED) is 0.420. The zero-order valence-corrected chi connectivity index (χ0v) is 20.7. The summed E-state index contributed by atoms with van der Waals surface area (Å²) in [6, 6.07) is 6.42. The molecule has 0 spiro atoms. The summed E-state index contributed by atoms with van der Waals surface area (Å²) in [6.07, 6.45) is -0.0626. The first-order valence-corrected chi connectivity index (χ1v) is 12.0. The lowest BCUT2D eigenvalue weighted by Gasteiger charge is -2.22. The molecule has 3 heterocycles. The van der Waals surface area contributed by atoms with Crippen molar-refractivity contribution in [3.05, 3.63) is 63.8 Å². The van der Waals surface area contributed by atoms with Gasteiger partial charge in [-0.25, -0.2) is 9.36 Å². The van der Waals surface area contributed by atoms with Crippen molar-refractivity contribution in [2.75, 3.05) is 32.1 Å². The van der Waals surface area contributed by atoms with Crippen molar-refractivity contribution in [3.8, 4) is 5.75 Å². The van der Waals surface area contributed by atoms with Crippen LogP contribution in [0.4, 0.5) is 18.9 Å². The summed E-state index contributed by atoms with van der Waals surface area (Å²) in [7, 11) is 1.51. The van der Waals surface area contributed by atoms with Gasteiger partial charge in [0, 0.05) is 6.04 Å². The summed E-state index contributed by atoms with van der Waals surface area (Å²) < 4.78 is 54.9. The SMILES string of the molecule is COc1ccc(Cn2ncc(NC(C)COCc3cn(C4CCNCC4)nn3)c(C(F)(F)F)c2=O)cc1. The van der Waals surface area contributed by atoms with E-state index in [0.717, 1.165) is 36.8 Å². The van der Waals surface area contributed by atoms with Gasteiger partial charge >= 0.3 is 6.18 Å². The number of hydrogen-bond acceptors (Lipinski definition) is 8. The molecule has 1 unspecified atom stereocenters. The molecule has 0 bridgehead atoms. The van der Waals surface area contributed by atoms with E-state index in [9.17, 15) is 18.0 Å². The number of methoxy groups -OCH3 is 1. The number of anilines is 1. The van der Waals surface area contributed by atoms with Gasteiger partial charge in [0.05, 0.1) is 51.0 Å². The zero-order valence-electron chi connectivity index (χ0n) is 20.7. The minimum atomic E-state index is -4.86. The first-order valence-electron chi connectivity index (χ1n) is 12.0. The van der Waals surface area contributed by atoms with Crippen molar-refractivity contribution in [2.24, 2.45) is 0 Å². The maximum absolute atomic E-state index is 13.9. The maximum atomic E-state index is 13.9. The molecule has 2 aromatic heterocycles. The van der Waals surface area contributed by atoms with E-state index >= 15 is 0 Å². The Morgan fingerprint density at radius 1 is 1.22 bits per heavy atom. The molecule has 1 aliphatic heterocycles. The number of nitrogens with zero attached hydrogens (tertiary/aromatic N) is 5. The molecule has 1 aliphatic rings. The predicted molar refractivity (Wildman–Crippen MR) is 129 cm³/mol. The molecule has 0 amide bonds. The maximum Gasteiger partial charge on any atom is 0.423 e.